The molecular weight excluding hydrogens is 504 g/mol. The zero-order chi connectivity index (χ0) is 27.5. The van der Waals surface area contributed by atoms with Crippen LogP contribution in [0, 0.1) is 0 Å². The maximum Gasteiger partial charge on any atom is 0.141 e. The number of fused-ring (bicyclic) bond motifs is 4. The van der Waals surface area contributed by atoms with Gasteiger partial charge in [0.1, 0.15) is 11.6 Å². The predicted octanol–water partition coefficient (Wildman–Crippen LogP) is 7.80. The number of pyridine rings is 1. The molecule has 0 aliphatic rings. The minimum atomic E-state index is 0.907. The van der Waals surface area contributed by atoms with Gasteiger partial charge in [-0.05, 0) is 48.5 Å². The number of imidazole rings is 2. The highest BCUT2D eigenvalue weighted by Gasteiger charge is 2.20. The van der Waals surface area contributed by atoms with Crippen molar-refractivity contribution in [2.24, 2.45) is 14.1 Å². The van der Waals surface area contributed by atoms with E-state index in [2.05, 4.69) is 111 Å². The molecule has 41 heavy (non-hydrogen) atoms. The van der Waals surface area contributed by atoms with Gasteiger partial charge in [0.25, 0.3) is 0 Å². The van der Waals surface area contributed by atoms with Crippen LogP contribution < -0.4 is 0 Å². The quantitative estimate of drug-likeness (QED) is 0.233. The Morgan fingerprint density at radius 2 is 1.37 bits per heavy atom. The molecule has 0 unspecified atom stereocenters. The zero-order valence-electron chi connectivity index (χ0n) is 22.7. The molecule has 6 heteroatoms. The first-order chi connectivity index (χ1) is 20.2. The van der Waals surface area contributed by atoms with Gasteiger partial charge >= 0.3 is 0 Å². The molecule has 0 radical (unpaired) electrons. The lowest BCUT2D eigenvalue weighted by atomic mass is 10.0. The van der Waals surface area contributed by atoms with Crippen molar-refractivity contribution in [2.45, 2.75) is 0 Å². The summed E-state index contributed by atoms with van der Waals surface area (Å²) in [5.74, 6) is 1.85. The van der Waals surface area contributed by atoms with E-state index in [0.717, 1.165) is 61.8 Å². The summed E-state index contributed by atoms with van der Waals surface area (Å²) in [4.78, 5) is 14.4. The summed E-state index contributed by atoms with van der Waals surface area (Å²) in [5, 5.41) is 2.39. The molecule has 0 saturated heterocycles. The SMILES string of the molecule is Cn1ccnc1-c1ccc(-c2ccccn2)cc1-n1c2ccccc2c2ccc(-c3nc4ccccc4n3C)cc21. The molecule has 0 atom stereocenters. The van der Waals surface area contributed by atoms with Crippen LogP contribution in [-0.2, 0) is 14.1 Å². The molecule has 0 bridgehead atoms. The summed E-state index contributed by atoms with van der Waals surface area (Å²) in [6.07, 6.45) is 5.67. The Morgan fingerprint density at radius 1 is 0.585 bits per heavy atom. The van der Waals surface area contributed by atoms with Crippen molar-refractivity contribution in [3.05, 3.63) is 122 Å². The van der Waals surface area contributed by atoms with Gasteiger partial charge in [0, 0.05) is 60.1 Å². The van der Waals surface area contributed by atoms with Crippen LogP contribution in [0.1, 0.15) is 0 Å². The van der Waals surface area contributed by atoms with Crippen molar-refractivity contribution in [1.29, 1.82) is 0 Å². The molecule has 4 heterocycles. The normalized spacial score (nSPS) is 11.7. The molecule has 4 aromatic carbocycles. The molecule has 0 fully saturated rings. The fourth-order valence-corrected chi connectivity index (χ4v) is 6.00. The van der Waals surface area contributed by atoms with Crippen molar-refractivity contribution >= 4 is 32.8 Å². The number of hydrogen-bond donors (Lipinski definition) is 0. The van der Waals surface area contributed by atoms with E-state index in [4.69, 9.17) is 9.97 Å². The van der Waals surface area contributed by atoms with E-state index in [1.54, 1.807) is 0 Å². The van der Waals surface area contributed by atoms with Gasteiger partial charge < -0.3 is 13.7 Å². The molecule has 4 aromatic heterocycles. The Labute approximate surface area is 236 Å². The van der Waals surface area contributed by atoms with Crippen molar-refractivity contribution < 1.29 is 0 Å². The number of benzene rings is 4. The second-order valence-electron chi connectivity index (χ2n) is 10.4. The largest absolute Gasteiger partial charge is 0.334 e. The van der Waals surface area contributed by atoms with Gasteiger partial charge in [-0.25, -0.2) is 9.97 Å². The van der Waals surface area contributed by atoms with Gasteiger partial charge in [0.2, 0.25) is 0 Å². The van der Waals surface area contributed by atoms with Crippen molar-refractivity contribution in [1.82, 2.24) is 28.7 Å². The van der Waals surface area contributed by atoms with Gasteiger partial charge in [-0.3, -0.25) is 4.98 Å². The van der Waals surface area contributed by atoms with Crippen LogP contribution in [0.4, 0.5) is 0 Å². The minimum absolute atomic E-state index is 0.907. The van der Waals surface area contributed by atoms with Crippen LogP contribution in [0.5, 0.6) is 0 Å². The second kappa shape index (κ2) is 9.03. The van der Waals surface area contributed by atoms with E-state index in [-0.39, 0.29) is 0 Å². The summed E-state index contributed by atoms with van der Waals surface area (Å²) in [7, 11) is 4.12. The number of nitrogens with zero attached hydrogens (tertiary/aromatic N) is 6. The third-order valence-electron chi connectivity index (χ3n) is 7.98. The van der Waals surface area contributed by atoms with Crippen LogP contribution in [0.2, 0.25) is 0 Å². The van der Waals surface area contributed by atoms with Gasteiger partial charge in [0.05, 0.1) is 33.4 Å². The molecule has 0 spiro atoms. The monoisotopic (exact) mass is 530 g/mol. The lowest BCUT2D eigenvalue weighted by Crippen LogP contribution is -2.02. The van der Waals surface area contributed by atoms with E-state index in [1.165, 1.54) is 10.8 Å². The molecule has 0 N–H and O–H groups in total. The van der Waals surface area contributed by atoms with Crippen LogP contribution in [-0.4, -0.2) is 28.7 Å². The average Bonchev–Trinajstić information content (AvgIpc) is 3.70. The van der Waals surface area contributed by atoms with Crippen LogP contribution in [0.15, 0.2) is 122 Å². The number of aromatic nitrogens is 6. The van der Waals surface area contributed by atoms with Gasteiger partial charge in [-0.15, -0.1) is 0 Å². The van der Waals surface area contributed by atoms with Gasteiger partial charge in [-0.2, -0.15) is 0 Å². The Balaban J connectivity index is 1.46. The summed E-state index contributed by atoms with van der Waals surface area (Å²) in [5.41, 5.74) is 9.51. The molecule has 0 aliphatic heterocycles. The molecule has 6 nitrogen and oxygen atoms in total. The summed E-state index contributed by atoms with van der Waals surface area (Å²) < 4.78 is 6.61. The second-order valence-corrected chi connectivity index (χ2v) is 10.4. The van der Waals surface area contributed by atoms with E-state index in [1.807, 2.05) is 43.8 Å². The third kappa shape index (κ3) is 3.61. The molecule has 8 aromatic rings. The van der Waals surface area contributed by atoms with Crippen LogP contribution in [0.25, 0.3) is 72.6 Å². The maximum atomic E-state index is 5.00. The first-order valence-corrected chi connectivity index (χ1v) is 13.7. The number of rotatable bonds is 4. The molecular formula is C35H26N6. The summed E-state index contributed by atoms with van der Waals surface area (Å²) in [6, 6.07) is 36.1. The number of hydrogen-bond acceptors (Lipinski definition) is 3. The van der Waals surface area contributed by atoms with E-state index in [0.29, 0.717) is 0 Å². The molecule has 0 saturated carbocycles. The zero-order valence-corrected chi connectivity index (χ0v) is 22.7. The topological polar surface area (TPSA) is 53.5 Å². The van der Waals surface area contributed by atoms with E-state index < -0.39 is 0 Å². The Bertz CT molecular complexity index is 2230. The van der Waals surface area contributed by atoms with Crippen molar-refractivity contribution in [2.75, 3.05) is 0 Å². The highest BCUT2D eigenvalue weighted by atomic mass is 15.1. The predicted molar refractivity (Wildman–Crippen MR) is 166 cm³/mol. The fourth-order valence-electron chi connectivity index (χ4n) is 6.00. The Kier molecular flexibility index (Phi) is 5.15. The summed E-state index contributed by atoms with van der Waals surface area (Å²) in [6.45, 7) is 0. The Morgan fingerprint density at radius 3 is 2.17 bits per heavy atom. The molecule has 0 amide bonds. The lowest BCUT2D eigenvalue weighted by Gasteiger charge is -2.16. The first-order valence-electron chi connectivity index (χ1n) is 13.7. The standard InChI is InChI=1S/C35H26N6/c1-39-20-19-37-35(39)27-17-14-23(28-10-7-8-18-36-28)21-33(27)41-30-12-5-3-9-25(30)26-16-15-24(22-32(26)41)34-38-29-11-4-6-13-31(29)40(34)2/h3-22H,1-2H3. The number of para-hydroxylation sites is 3. The van der Waals surface area contributed by atoms with Crippen LogP contribution >= 0.6 is 0 Å². The van der Waals surface area contributed by atoms with Gasteiger partial charge in [-0.1, -0.05) is 54.6 Å². The third-order valence-corrected chi connectivity index (χ3v) is 7.98. The molecule has 0 aliphatic carbocycles. The van der Waals surface area contributed by atoms with E-state index in [9.17, 15) is 0 Å². The maximum absolute atomic E-state index is 5.00. The average molecular weight is 531 g/mol. The molecule has 196 valence electrons. The number of aryl methyl sites for hydroxylation is 2. The van der Waals surface area contributed by atoms with Crippen molar-refractivity contribution in [3.63, 3.8) is 0 Å². The fraction of sp³-hybridized carbons (Fsp3) is 0.0571. The smallest absolute Gasteiger partial charge is 0.141 e. The minimum Gasteiger partial charge on any atom is -0.334 e. The van der Waals surface area contributed by atoms with E-state index >= 15 is 0 Å². The van der Waals surface area contributed by atoms with Gasteiger partial charge in [0.15, 0.2) is 0 Å². The first kappa shape index (κ1) is 23.4. The highest BCUT2D eigenvalue weighted by Crippen LogP contribution is 2.39. The highest BCUT2D eigenvalue weighted by molar-refractivity contribution is 6.10. The van der Waals surface area contributed by atoms with Crippen LogP contribution in [0.3, 0.4) is 0 Å². The summed E-state index contributed by atoms with van der Waals surface area (Å²) >= 11 is 0. The lowest BCUT2D eigenvalue weighted by molar-refractivity contribution is 0.922. The Hall–Kier alpha value is -5.49. The molecule has 8 rings (SSSR count). The van der Waals surface area contributed by atoms with Crippen molar-refractivity contribution in [3.8, 4) is 39.7 Å².